The first-order chi connectivity index (χ1) is 7.08. The summed E-state index contributed by atoms with van der Waals surface area (Å²) in [4.78, 5) is 0. The number of hydrogen-bond acceptors (Lipinski definition) is 3. The Balaban J connectivity index is 4.05. The second-order valence-corrected chi connectivity index (χ2v) is 3.24. The molecule has 0 fully saturated rings. The first-order valence-corrected chi connectivity index (χ1v) is 4.35. The third-order valence-electron chi connectivity index (χ3n) is 2.51. The van der Waals surface area contributed by atoms with E-state index >= 15 is 0 Å². The molecule has 0 aromatic heterocycles. The topological polar surface area (TPSA) is 67.8 Å². The zero-order valence-corrected chi connectivity index (χ0v) is 8.63. The van der Waals surface area contributed by atoms with Gasteiger partial charge in [-0.15, -0.1) is 0 Å². The minimum Gasteiger partial charge on any atom is -0.515 e. The lowest BCUT2D eigenvalue weighted by Crippen LogP contribution is -2.31. The number of benzene rings is 1. The van der Waals surface area contributed by atoms with Gasteiger partial charge in [0.15, 0.2) is 0 Å². The monoisotopic (exact) mass is 198 g/mol. The lowest BCUT2D eigenvalue weighted by molar-refractivity contribution is 0.539. The highest BCUT2D eigenvalue weighted by Gasteiger charge is 2.10. The van der Waals surface area contributed by atoms with Crippen molar-refractivity contribution in [2.24, 2.45) is 0 Å². The van der Waals surface area contributed by atoms with Crippen LogP contribution in [0.4, 0.5) is 0 Å². The smallest absolute Gasteiger partial charge is 0.100 e. The summed E-state index contributed by atoms with van der Waals surface area (Å²) in [5, 5.41) is 27.9. The number of rotatable bonds is 0. The average molecular weight is 198 g/mol. The molecule has 3 nitrogen and oxygen atoms in total. The van der Waals surface area contributed by atoms with Gasteiger partial charge in [-0.2, -0.15) is 10.5 Å². The molecular weight excluding hydrogens is 188 g/mol. The van der Waals surface area contributed by atoms with E-state index in [9.17, 15) is 0 Å². The van der Waals surface area contributed by atoms with E-state index in [2.05, 4.69) is 6.58 Å². The van der Waals surface area contributed by atoms with Crippen LogP contribution in [-0.2, 0) is 0 Å². The molecule has 1 rings (SSSR count). The summed E-state index contributed by atoms with van der Waals surface area (Å²) in [5.41, 5.74) is 2.06. The number of hydrogen-bond donors (Lipinski definition) is 1. The van der Waals surface area contributed by atoms with Crippen molar-refractivity contribution >= 4 is 12.8 Å². The second-order valence-electron chi connectivity index (χ2n) is 3.24. The summed E-state index contributed by atoms with van der Waals surface area (Å²) < 4.78 is 0. The normalized spacial score (nSPS) is 10.8. The maximum atomic E-state index is 9.05. The van der Waals surface area contributed by atoms with Gasteiger partial charge in [-0.05, 0) is 30.2 Å². The lowest BCUT2D eigenvalue weighted by Gasteiger charge is -2.05. The van der Waals surface area contributed by atoms with Gasteiger partial charge in [-0.25, -0.2) is 0 Å². The van der Waals surface area contributed by atoms with Crippen LogP contribution in [0.5, 0.6) is 0 Å². The fraction of sp³-hybridized carbons (Fsp3) is 0.167. The van der Waals surface area contributed by atoms with Crippen molar-refractivity contribution in [3.63, 3.8) is 0 Å². The summed E-state index contributed by atoms with van der Waals surface area (Å²) in [6.07, 6.45) is 0.888. The third-order valence-corrected chi connectivity index (χ3v) is 2.51. The van der Waals surface area contributed by atoms with Crippen molar-refractivity contribution in [1.82, 2.24) is 0 Å². The SMILES string of the molecule is C=c1c(C#N)c(C)c(C#N)c(C)/c1=C\O. The molecule has 0 saturated carbocycles. The summed E-state index contributed by atoms with van der Waals surface area (Å²) >= 11 is 0. The maximum absolute atomic E-state index is 9.05. The lowest BCUT2D eigenvalue weighted by atomic mass is 9.95. The van der Waals surface area contributed by atoms with Crippen LogP contribution in [0.25, 0.3) is 12.8 Å². The Kier molecular flexibility index (Phi) is 2.78. The molecule has 0 atom stereocenters. The zero-order valence-electron chi connectivity index (χ0n) is 8.63. The Morgan fingerprint density at radius 2 is 1.67 bits per heavy atom. The molecule has 15 heavy (non-hydrogen) atoms. The molecule has 0 aliphatic rings. The molecule has 0 heterocycles. The Morgan fingerprint density at radius 3 is 2.07 bits per heavy atom. The summed E-state index contributed by atoms with van der Waals surface area (Å²) in [6.45, 7) is 7.17. The molecule has 1 aromatic carbocycles. The standard InChI is InChI=1S/C12H10N2O/c1-7-10(4-13)8(2)12(6-15)9(3)11(7)5-14/h6,15H,2H2,1,3H3/b12-6-. The van der Waals surface area contributed by atoms with Crippen LogP contribution >= 0.6 is 0 Å². The highest BCUT2D eigenvalue weighted by atomic mass is 16.2. The second kappa shape index (κ2) is 3.86. The quantitative estimate of drug-likeness (QED) is 0.669. The van der Waals surface area contributed by atoms with Gasteiger partial charge in [0.2, 0.25) is 0 Å². The predicted molar refractivity (Wildman–Crippen MR) is 57.2 cm³/mol. The van der Waals surface area contributed by atoms with Crippen molar-refractivity contribution in [1.29, 1.82) is 10.5 Å². The minimum atomic E-state index is 0.359. The largest absolute Gasteiger partial charge is 0.515 e. The van der Waals surface area contributed by atoms with E-state index in [4.69, 9.17) is 15.6 Å². The molecule has 0 bridgehead atoms. The van der Waals surface area contributed by atoms with E-state index in [0.717, 1.165) is 6.26 Å². The van der Waals surface area contributed by atoms with Gasteiger partial charge in [0.1, 0.15) is 6.07 Å². The van der Waals surface area contributed by atoms with E-state index in [0.29, 0.717) is 32.7 Å². The number of aliphatic hydroxyl groups excluding tert-OH is 1. The average Bonchev–Trinajstić information content (AvgIpc) is 2.19. The van der Waals surface area contributed by atoms with E-state index in [-0.39, 0.29) is 0 Å². The molecule has 0 saturated heterocycles. The van der Waals surface area contributed by atoms with Crippen molar-refractivity contribution in [2.45, 2.75) is 13.8 Å². The molecule has 74 valence electrons. The first kappa shape index (κ1) is 10.8. The highest BCUT2D eigenvalue weighted by Crippen LogP contribution is 2.09. The number of nitrogens with zero attached hydrogens (tertiary/aromatic N) is 2. The van der Waals surface area contributed by atoms with Crippen LogP contribution in [0.3, 0.4) is 0 Å². The van der Waals surface area contributed by atoms with Crippen LogP contribution in [0.2, 0.25) is 0 Å². The van der Waals surface area contributed by atoms with Crippen LogP contribution in [0, 0.1) is 36.5 Å². The molecule has 0 unspecified atom stereocenters. The number of aliphatic hydroxyl groups is 1. The maximum Gasteiger partial charge on any atom is 0.100 e. The summed E-state index contributed by atoms with van der Waals surface area (Å²) in [7, 11) is 0. The fourth-order valence-corrected chi connectivity index (χ4v) is 1.62. The van der Waals surface area contributed by atoms with Gasteiger partial charge in [0.25, 0.3) is 0 Å². The van der Waals surface area contributed by atoms with Crippen LogP contribution in [0.15, 0.2) is 0 Å². The van der Waals surface area contributed by atoms with Gasteiger partial charge in [0.05, 0.1) is 23.5 Å². The Morgan fingerprint density at radius 1 is 1.13 bits per heavy atom. The van der Waals surface area contributed by atoms with Crippen molar-refractivity contribution in [3.8, 4) is 12.1 Å². The first-order valence-electron chi connectivity index (χ1n) is 4.35. The molecule has 1 aromatic rings. The molecular formula is C12H10N2O. The highest BCUT2D eigenvalue weighted by molar-refractivity contribution is 5.54. The van der Waals surface area contributed by atoms with Crippen LogP contribution in [-0.4, -0.2) is 5.11 Å². The van der Waals surface area contributed by atoms with Gasteiger partial charge in [-0.3, -0.25) is 0 Å². The molecule has 0 amide bonds. The van der Waals surface area contributed by atoms with Crippen LogP contribution < -0.4 is 10.4 Å². The van der Waals surface area contributed by atoms with Crippen LogP contribution in [0.1, 0.15) is 22.3 Å². The summed E-state index contributed by atoms with van der Waals surface area (Å²) in [6, 6.07) is 4.03. The molecule has 0 aliphatic heterocycles. The molecule has 0 aliphatic carbocycles. The Labute approximate surface area is 87.8 Å². The fourth-order valence-electron chi connectivity index (χ4n) is 1.62. The predicted octanol–water partition coefficient (Wildman–Crippen LogP) is 0.753. The molecule has 1 N–H and O–H groups in total. The Bertz CT molecular complexity index is 601. The minimum absolute atomic E-state index is 0.359. The van der Waals surface area contributed by atoms with Crippen molar-refractivity contribution < 1.29 is 5.11 Å². The van der Waals surface area contributed by atoms with Crippen molar-refractivity contribution in [2.75, 3.05) is 0 Å². The van der Waals surface area contributed by atoms with Gasteiger partial charge in [0, 0.05) is 5.22 Å². The number of nitriles is 2. The van der Waals surface area contributed by atoms with Gasteiger partial charge in [-0.1, -0.05) is 6.58 Å². The van der Waals surface area contributed by atoms with Gasteiger partial charge < -0.3 is 5.11 Å². The summed E-state index contributed by atoms with van der Waals surface area (Å²) in [5.74, 6) is 0. The molecule has 0 spiro atoms. The molecule has 3 heteroatoms. The zero-order chi connectivity index (χ0) is 11.6. The van der Waals surface area contributed by atoms with Gasteiger partial charge >= 0.3 is 0 Å². The van der Waals surface area contributed by atoms with E-state index < -0.39 is 0 Å². The van der Waals surface area contributed by atoms with E-state index in [1.807, 2.05) is 12.1 Å². The van der Waals surface area contributed by atoms with E-state index in [1.165, 1.54) is 0 Å². The Hall–Kier alpha value is -2.26. The van der Waals surface area contributed by atoms with Crippen molar-refractivity contribution in [3.05, 3.63) is 32.7 Å². The van der Waals surface area contributed by atoms with E-state index in [1.54, 1.807) is 13.8 Å². The molecule has 0 radical (unpaired) electrons. The third kappa shape index (κ3) is 1.45.